The van der Waals surface area contributed by atoms with Crippen LogP contribution in [-0.2, 0) is 35.3 Å². The molecule has 1 amide bonds. The van der Waals surface area contributed by atoms with Crippen molar-refractivity contribution in [3.8, 4) is 0 Å². The molecule has 3 rings (SSSR count). The van der Waals surface area contributed by atoms with Gasteiger partial charge in [0.15, 0.2) is 0 Å². The van der Waals surface area contributed by atoms with Crippen molar-refractivity contribution < 1.29 is 32.3 Å². The van der Waals surface area contributed by atoms with Gasteiger partial charge in [-0.15, -0.1) is 0 Å². The molecule has 0 aliphatic rings. The number of carboxylic acids is 1. The molecule has 8 heteroatoms. The zero-order valence-corrected chi connectivity index (χ0v) is 21.2. The van der Waals surface area contributed by atoms with E-state index in [1.165, 1.54) is 50.7 Å². The van der Waals surface area contributed by atoms with E-state index in [2.05, 4.69) is 6.92 Å². The van der Waals surface area contributed by atoms with E-state index in [1.807, 2.05) is 6.07 Å². The Balaban J connectivity index is 1.66. The van der Waals surface area contributed by atoms with Crippen molar-refractivity contribution in [3.63, 3.8) is 0 Å². The molecule has 5 nitrogen and oxygen atoms in total. The molecule has 37 heavy (non-hydrogen) atoms. The molecule has 0 saturated heterocycles. The first-order valence-corrected chi connectivity index (χ1v) is 12.9. The largest absolute Gasteiger partial charge is 0.474 e. The summed E-state index contributed by atoms with van der Waals surface area (Å²) in [4.78, 5) is 24.9. The van der Waals surface area contributed by atoms with E-state index >= 15 is 0 Å². The predicted octanol–water partition coefficient (Wildman–Crippen LogP) is 7.75. The molecule has 0 aliphatic carbocycles. The third kappa shape index (κ3) is 8.37. The average Bonchev–Trinajstić information content (AvgIpc) is 3.26. The van der Waals surface area contributed by atoms with Gasteiger partial charge in [0.05, 0.1) is 11.8 Å². The van der Waals surface area contributed by atoms with Gasteiger partial charge in [-0.2, -0.15) is 13.2 Å². The fourth-order valence-corrected chi connectivity index (χ4v) is 4.44. The Labute approximate surface area is 215 Å². The molecule has 200 valence electrons. The lowest BCUT2D eigenvalue weighted by Gasteiger charge is -2.21. The number of amides is 1. The van der Waals surface area contributed by atoms with Gasteiger partial charge in [0.25, 0.3) is 0 Å². The lowest BCUT2D eigenvalue weighted by atomic mass is 10.0. The Morgan fingerprint density at radius 1 is 0.865 bits per heavy atom. The predicted molar refractivity (Wildman–Crippen MR) is 136 cm³/mol. The first kappa shape index (κ1) is 28.3. The van der Waals surface area contributed by atoms with Crippen molar-refractivity contribution in [2.75, 3.05) is 0 Å². The highest BCUT2D eigenvalue weighted by molar-refractivity contribution is 6.31. The van der Waals surface area contributed by atoms with Crippen LogP contribution in [0.15, 0.2) is 53.1 Å². The molecule has 0 aliphatic heterocycles. The van der Waals surface area contributed by atoms with E-state index in [-0.39, 0.29) is 13.1 Å². The number of carbonyl (C=O) groups is 2. The van der Waals surface area contributed by atoms with Crippen molar-refractivity contribution in [2.24, 2.45) is 0 Å². The maximum Gasteiger partial charge on any atom is 0.416 e. The topological polar surface area (TPSA) is 70.8 Å². The normalized spacial score (nSPS) is 11.7. The van der Waals surface area contributed by atoms with Crippen LogP contribution < -0.4 is 0 Å². The molecule has 0 fully saturated rings. The lowest BCUT2D eigenvalue weighted by molar-refractivity contribution is -0.156. The zero-order valence-electron chi connectivity index (χ0n) is 21.2. The third-order valence-corrected chi connectivity index (χ3v) is 6.52. The molecule has 1 heterocycles. The van der Waals surface area contributed by atoms with E-state index in [1.54, 1.807) is 18.4 Å². The summed E-state index contributed by atoms with van der Waals surface area (Å²) in [7, 11) is 0. The maximum absolute atomic E-state index is 12.9. The maximum atomic E-state index is 12.9. The minimum Gasteiger partial charge on any atom is -0.474 e. The minimum atomic E-state index is -4.47. The molecular weight excluding hydrogens is 483 g/mol. The van der Waals surface area contributed by atoms with Gasteiger partial charge in [0, 0.05) is 18.5 Å². The van der Waals surface area contributed by atoms with Gasteiger partial charge in [-0.3, -0.25) is 4.79 Å². The SMILES string of the molecule is CCCCCCCCCCc1coc2ccc(CN(Cc3ccc(C(F)(F)F)cc3)C(=O)C(=O)O)cc12. The number of carbonyl (C=O) groups excluding carboxylic acids is 1. The molecule has 0 radical (unpaired) electrons. The number of rotatable bonds is 13. The van der Waals surface area contributed by atoms with E-state index in [9.17, 15) is 27.9 Å². The highest BCUT2D eigenvalue weighted by atomic mass is 19.4. The molecule has 0 atom stereocenters. The molecule has 0 bridgehead atoms. The molecule has 0 unspecified atom stereocenters. The fraction of sp³-hybridized carbons (Fsp3) is 0.448. The Kier molecular flexibility index (Phi) is 10.2. The van der Waals surface area contributed by atoms with Crippen LogP contribution >= 0.6 is 0 Å². The number of furan rings is 1. The first-order chi connectivity index (χ1) is 17.7. The Bertz CT molecular complexity index is 1170. The number of carboxylic acid groups (broad SMARTS) is 1. The van der Waals surface area contributed by atoms with E-state index in [0.29, 0.717) is 11.1 Å². The second-order valence-corrected chi connectivity index (χ2v) is 9.48. The summed E-state index contributed by atoms with van der Waals surface area (Å²) >= 11 is 0. The number of aliphatic carboxylic acids is 1. The second kappa shape index (κ2) is 13.3. The zero-order chi connectivity index (χ0) is 26.8. The molecule has 1 N–H and O–H groups in total. The van der Waals surface area contributed by atoms with Gasteiger partial charge in [-0.25, -0.2) is 4.79 Å². The Morgan fingerprint density at radius 3 is 2.08 bits per heavy atom. The van der Waals surface area contributed by atoms with E-state index in [4.69, 9.17) is 4.42 Å². The molecular formula is C29H34F3NO4. The van der Waals surface area contributed by atoms with Crippen molar-refractivity contribution in [3.05, 3.63) is 71.0 Å². The van der Waals surface area contributed by atoms with Crippen molar-refractivity contribution in [1.82, 2.24) is 4.90 Å². The number of aryl methyl sites for hydroxylation is 1. The summed E-state index contributed by atoms with van der Waals surface area (Å²) in [6.07, 6.45) is 7.92. The van der Waals surface area contributed by atoms with E-state index in [0.717, 1.165) is 52.8 Å². The van der Waals surface area contributed by atoms with Crippen LogP contribution in [0.5, 0.6) is 0 Å². The van der Waals surface area contributed by atoms with Crippen molar-refractivity contribution in [1.29, 1.82) is 0 Å². The Hall–Kier alpha value is -3.29. The number of alkyl halides is 3. The molecule has 3 aromatic rings. The van der Waals surface area contributed by atoms with Crippen LogP contribution in [0.1, 0.15) is 80.5 Å². The van der Waals surface area contributed by atoms with Gasteiger partial charge in [0.2, 0.25) is 0 Å². The average molecular weight is 518 g/mol. The summed E-state index contributed by atoms with van der Waals surface area (Å²) < 4.78 is 44.3. The van der Waals surface area contributed by atoms with Gasteiger partial charge >= 0.3 is 18.1 Å². The molecule has 1 aromatic heterocycles. The van der Waals surface area contributed by atoms with Crippen LogP contribution in [0.25, 0.3) is 11.0 Å². The first-order valence-electron chi connectivity index (χ1n) is 12.9. The number of benzene rings is 2. The highest BCUT2D eigenvalue weighted by Crippen LogP contribution is 2.29. The summed E-state index contributed by atoms with van der Waals surface area (Å²) in [5.74, 6) is -2.74. The summed E-state index contributed by atoms with van der Waals surface area (Å²) in [5.41, 5.74) is 2.11. The number of fused-ring (bicyclic) bond motifs is 1. The van der Waals surface area contributed by atoms with E-state index < -0.39 is 23.6 Å². The van der Waals surface area contributed by atoms with Gasteiger partial charge in [0.1, 0.15) is 5.58 Å². The second-order valence-electron chi connectivity index (χ2n) is 9.48. The quantitative estimate of drug-likeness (QED) is 0.186. The summed E-state index contributed by atoms with van der Waals surface area (Å²) in [6.45, 7) is 2.09. The number of unbranched alkanes of at least 4 members (excludes halogenated alkanes) is 7. The van der Waals surface area contributed by atoms with Crippen LogP contribution in [0.4, 0.5) is 13.2 Å². The number of hydrogen-bond donors (Lipinski definition) is 1. The molecule has 0 saturated carbocycles. The van der Waals surface area contributed by atoms with Crippen LogP contribution in [0.3, 0.4) is 0 Å². The number of nitrogens with zero attached hydrogens (tertiary/aromatic N) is 1. The summed E-state index contributed by atoms with van der Waals surface area (Å²) in [6, 6.07) is 9.82. The molecule has 0 spiro atoms. The number of halogens is 3. The van der Waals surface area contributed by atoms with Crippen LogP contribution in [0, 0.1) is 0 Å². The van der Waals surface area contributed by atoms with Gasteiger partial charge in [-0.05, 0) is 53.8 Å². The fourth-order valence-electron chi connectivity index (χ4n) is 4.44. The van der Waals surface area contributed by atoms with Gasteiger partial charge in [-0.1, -0.05) is 70.1 Å². The lowest BCUT2D eigenvalue weighted by Crippen LogP contribution is -2.35. The number of hydrogen-bond acceptors (Lipinski definition) is 3. The van der Waals surface area contributed by atoms with Crippen LogP contribution in [0.2, 0.25) is 0 Å². The standard InChI is InChI=1S/C29H34F3NO4/c1-2-3-4-5-6-7-8-9-10-23-20-37-26-16-13-22(17-25(23)26)19-33(27(34)28(35)36)18-21-11-14-24(15-12-21)29(30,31)32/h11-17,20H,2-10,18-19H2,1H3,(H,35,36). The van der Waals surface area contributed by atoms with Crippen molar-refractivity contribution in [2.45, 2.75) is 84.0 Å². The van der Waals surface area contributed by atoms with Crippen LogP contribution in [-0.4, -0.2) is 21.9 Å². The molecule has 2 aromatic carbocycles. The third-order valence-electron chi connectivity index (χ3n) is 6.52. The monoisotopic (exact) mass is 517 g/mol. The van der Waals surface area contributed by atoms with Gasteiger partial charge < -0.3 is 14.4 Å². The highest BCUT2D eigenvalue weighted by Gasteiger charge is 2.30. The minimum absolute atomic E-state index is 0.00444. The Morgan fingerprint density at radius 2 is 1.46 bits per heavy atom. The van der Waals surface area contributed by atoms with Crippen molar-refractivity contribution >= 4 is 22.8 Å². The summed E-state index contributed by atoms with van der Waals surface area (Å²) in [5, 5.41) is 10.2. The smallest absolute Gasteiger partial charge is 0.416 e.